The first-order chi connectivity index (χ1) is 9.92. The van der Waals surface area contributed by atoms with Gasteiger partial charge in [0.25, 0.3) is 0 Å². The highest BCUT2D eigenvalue weighted by Gasteiger charge is 2.36. The van der Waals surface area contributed by atoms with Crippen LogP contribution < -0.4 is 4.90 Å². The van der Waals surface area contributed by atoms with Crippen molar-refractivity contribution in [3.63, 3.8) is 0 Å². The molecule has 1 amide bonds. The quantitative estimate of drug-likeness (QED) is 0.629. The van der Waals surface area contributed by atoms with Crippen LogP contribution in [0, 0.1) is 6.92 Å². The Morgan fingerprint density at radius 1 is 1.38 bits per heavy atom. The Kier molecular flexibility index (Phi) is 4.57. The molecule has 1 fully saturated rings. The van der Waals surface area contributed by atoms with Crippen LogP contribution in [0.4, 0.5) is 5.69 Å². The number of methoxy groups -OCH3 is 1. The van der Waals surface area contributed by atoms with Gasteiger partial charge in [-0.3, -0.25) is 4.79 Å². The highest BCUT2D eigenvalue weighted by molar-refractivity contribution is 6.31. The van der Waals surface area contributed by atoms with E-state index in [0.717, 1.165) is 32.1 Å². The molecule has 0 atom stereocenters. The molecule has 0 aromatic heterocycles. The van der Waals surface area contributed by atoms with Gasteiger partial charge in [-0.25, -0.2) is 4.79 Å². The maximum absolute atomic E-state index is 11.9. The lowest BCUT2D eigenvalue weighted by atomic mass is 9.95. The Balaban J connectivity index is 2.53. The summed E-state index contributed by atoms with van der Waals surface area (Å²) in [6.45, 7) is 3.89. The Morgan fingerprint density at radius 2 is 2.00 bits per heavy atom. The van der Waals surface area contributed by atoms with Crippen molar-refractivity contribution in [3.05, 3.63) is 28.3 Å². The molecule has 1 aromatic rings. The second-order valence-electron chi connectivity index (χ2n) is 5.77. The molecular weight excluding hydrogens is 290 g/mol. The summed E-state index contributed by atoms with van der Waals surface area (Å²) in [6, 6.07) is 3.31. The molecule has 0 heterocycles. The van der Waals surface area contributed by atoms with Gasteiger partial charge in [-0.15, -0.1) is 0 Å². The van der Waals surface area contributed by atoms with E-state index in [4.69, 9.17) is 16.3 Å². The second kappa shape index (κ2) is 6.06. The number of hydrogen-bond donors (Lipinski definition) is 0. The molecule has 0 radical (unpaired) electrons. The number of carbonyl (C=O) groups is 2. The number of hydrogen-bond acceptors (Lipinski definition) is 3. The maximum Gasteiger partial charge on any atom is 0.338 e. The molecule has 0 aliphatic heterocycles. The normalized spacial score (nSPS) is 16.6. The van der Waals surface area contributed by atoms with Crippen LogP contribution in [0.5, 0.6) is 0 Å². The van der Waals surface area contributed by atoms with Crippen LogP contribution in [0.15, 0.2) is 12.1 Å². The van der Waals surface area contributed by atoms with Crippen molar-refractivity contribution in [3.8, 4) is 0 Å². The number of rotatable bonds is 4. The predicted octanol–water partition coefficient (Wildman–Crippen LogP) is 3.73. The summed E-state index contributed by atoms with van der Waals surface area (Å²) < 4.78 is 4.79. The minimum absolute atomic E-state index is 0.218. The maximum atomic E-state index is 11.9. The van der Waals surface area contributed by atoms with Gasteiger partial charge in [0.15, 0.2) is 0 Å². The summed E-state index contributed by atoms with van der Waals surface area (Å²) in [4.78, 5) is 25.3. The van der Waals surface area contributed by atoms with Gasteiger partial charge in [-0.2, -0.15) is 0 Å². The molecule has 5 heteroatoms. The van der Waals surface area contributed by atoms with Crippen LogP contribution in [-0.2, 0) is 9.53 Å². The van der Waals surface area contributed by atoms with Gasteiger partial charge in [0.05, 0.1) is 12.7 Å². The lowest BCUT2D eigenvalue weighted by Gasteiger charge is -2.36. The summed E-state index contributed by atoms with van der Waals surface area (Å²) in [5.74, 6) is -0.446. The van der Waals surface area contributed by atoms with E-state index in [2.05, 4.69) is 6.92 Å². The van der Waals surface area contributed by atoms with E-state index < -0.39 is 5.97 Å². The molecule has 21 heavy (non-hydrogen) atoms. The van der Waals surface area contributed by atoms with Gasteiger partial charge >= 0.3 is 5.97 Å². The first-order valence-electron chi connectivity index (χ1n) is 7.06. The van der Waals surface area contributed by atoms with Crippen LogP contribution in [0.3, 0.4) is 0 Å². The number of benzene rings is 1. The summed E-state index contributed by atoms with van der Waals surface area (Å²) in [6.07, 6.45) is 4.94. The topological polar surface area (TPSA) is 46.6 Å². The minimum Gasteiger partial charge on any atom is -0.465 e. The zero-order valence-corrected chi connectivity index (χ0v) is 13.4. The average molecular weight is 310 g/mol. The Labute approximate surface area is 130 Å². The van der Waals surface area contributed by atoms with E-state index >= 15 is 0 Å². The van der Waals surface area contributed by atoms with Gasteiger partial charge < -0.3 is 9.64 Å². The number of ether oxygens (including phenoxy) is 1. The van der Waals surface area contributed by atoms with Crippen molar-refractivity contribution in [1.82, 2.24) is 0 Å². The summed E-state index contributed by atoms with van der Waals surface area (Å²) in [5.41, 5.74) is 1.58. The molecule has 114 valence electrons. The molecule has 1 aliphatic carbocycles. The molecule has 2 rings (SSSR count). The van der Waals surface area contributed by atoms with Crippen molar-refractivity contribution in [1.29, 1.82) is 0 Å². The number of nitrogens with zero attached hydrogens (tertiary/aromatic N) is 1. The van der Waals surface area contributed by atoms with E-state index in [9.17, 15) is 9.59 Å². The smallest absolute Gasteiger partial charge is 0.338 e. The van der Waals surface area contributed by atoms with E-state index in [0.29, 0.717) is 21.8 Å². The van der Waals surface area contributed by atoms with E-state index in [1.807, 2.05) is 6.92 Å². The average Bonchev–Trinajstić information content (AvgIpc) is 2.89. The monoisotopic (exact) mass is 309 g/mol. The molecule has 1 aromatic carbocycles. The minimum atomic E-state index is -0.446. The Bertz CT molecular complexity index is 565. The van der Waals surface area contributed by atoms with Crippen molar-refractivity contribution < 1.29 is 14.3 Å². The number of anilines is 1. The molecule has 0 N–H and O–H groups in total. The second-order valence-corrected chi connectivity index (χ2v) is 6.20. The van der Waals surface area contributed by atoms with Crippen LogP contribution >= 0.6 is 11.6 Å². The Morgan fingerprint density at radius 3 is 2.52 bits per heavy atom. The molecule has 1 saturated carbocycles. The molecular formula is C16H20ClNO3. The van der Waals surface area contributed by atoms with Crippen LogP contribution in [-0.4, -0.2) is 25.0 Å². The molecule has 0 bridgehead atoms. The lowest BCUT2D eigenvalue weighted by molar-refractivity contribution is -0.108. The third-order valence-electron chi connectivity index (χ3n) is 4.38. The van der Waals surface area contributed by atoms with Gasteiger partial charge in [0, 0.05) is 16.2 Å². The third-order valence-corrected chi connectivity index (χ3v) is 4.60. The predicted molar refractivity (Wildman–Crippen MR) is 82.9 cm³/mol. The molecule has 0 saturated heterocycles. The molecule has 0 spiro atoms. The fourth-order valence-corrected chi connectivity index (χ4v) is 3.30. The number of amides is 1. The van der Waals surface area contributed by atoms with Gasteiger partial charge in [-0.05, 0) is 44.4 Å². The number of carbonyl (C=O) groups excluding carboxylic acids is 2. The van der Waals surface area contributed by atoms with Gasteiger partial charge in [0.2, 0.25) is 6.41 Å². The van der Waals surface area contributed by atoms with Crippen molar-refractivity contribution in [2.45, 2.75) is 45.1 Å². The fourth-order valence-electron chi connectivity index (χ4n) is 3.09. The number of halogens is 1. The van der Waals surface area contributed by atoms with Crippen molar-refractivity contribution in [2.75, 3.05) is 12.0 Å². The van der Waals surface area contributed by atoms with Crippen LogP contribution in [0.25, 0.3) is 0 Å². The third kappa shape index (κ3) is 2.91. The highest BCUT2D eigenvalue weighted by atomic mass is 35.5. The van der Waals surface area contributed by atoms with E-state index in [-0.39, 0.29) is 5.54 Å². The highest BCUT2D eigenvalue weighted by Crippen LogP contribution is 2.39. The van der Waals surface area contributed by atoms with E-state index in [1.54, 1.807) is 17.0 Å². The van der Waals surface area contributed by atoms with Crippen LogP contribution in [0.2, 0.25) is 5.02 Å². The summed E-state index contributed by atoms with van der Waals surface area (Å²) in [5, 5.41) is 0.421. The van der Waals surface area contributed by atoms with Crippen LogP contribution in [0.1, 0.15) is 48.5 Å². The fraction of sp³-hybridized carbons (Fsp3) is 0.500. The SMILES string of the molecule is COC(=O)c1cc(Cl)cc(N(C=O)C2(C)CCCC2)c1C. The zero-order valence-electron chi connectivity index (χ0n) is 12.6. The molecule has 4 nitrogen and oxygen atoms in total. The largest absolute Gasteiger partial charge is 0.465 e. The Hall–Kier alpha value is -1.55. The number of esters is 1. The summed E-state index contributed by atoms with van der Waals surface area (Å²) >= 11 is 6.13. The lowest BCUT2D eigenvalue weighted by Crippen LogP contribution is -2.44. The van der Waals surface area contributed by atoms with Crippen molar-refractivity contribution in [2.24, 2.45) is 0 Å². The van der Waals surface area contributed by atoms with Gasteiger partial charge in [-0.1, -0.05) is 24.4 Å². The van der Waals surface area contributed by atoms with E-state index in [1.165, 1.54) is 7.11 Å². The first-order valence-corrected chi connectivity index (χ1v) is 7.44. The first kappa shape index (κ1) is 15.8. The molecule has 1 aliphatic rings. The zero-order chi connectivity index (χ0) is 15.6. The van der Waals surface area contributed by atoms with Gasteiger partial charge in [0.1, 0.15) is 0 Å². The standard InChI is InChI=1S/C16H20ClNO3/c1-11-13(15(20)21-3)8-12(17)9-14(11)18(10-19)16(2)6-4-5-7-16/h8-10H,4-7H2,1-3H3. The van der Waals surface area contributed by atoms with Crippen molar-refractivity contribution >= 4 is 29.7 Å². The summed E-state index contributed by atoms with van der Waals surface area (Å²) in [7, 11) is 1.33. The molecule has 0 unspecified atom stereocenters.